The largest absolute Gasteiger partial charge is 0.496 e. The Morgan fingerprint density at radius 2 is 2.00 bits per heavy atom. The summed E-state index contributed by atoms with van der Waals surface area (Å²) in [5.74, 6) is 1.58. The molecule has 3 rings (SSSR count). The molecule has 0 bridgehead atoms. The second kappa shape index (κ2) is 7.56. The fourth-order valence-corrected chi connectivity index (χ4v) is 3.12. The number of aryl methyl sites for hydroxylation is 1. The first-order valence-corrected chi connectivity index (χ1v) is 8.72. The Morgan fingerprint density at radius 3 is 2.69 bits per heavy atom. The summed E-state index contributed by atoms with van der Waals surface area (Å²) in [7, 11) is 3.50. The average Bonchev–Trinajstić information content (AvgIpc) is 2.98. The fourth-order valence-electron chi connectivity index (χ4n) is 3.12. The molecule has 0 aliphatic carbocycles. The van der Waals surface area contributed by atoms with Gasteiger partial charge in [-0.2, -0.15) is 0 Å². The van der Waals surface area contributed by atoms with E-state index in [4.69, 9.17) is 9.72 Å². The molecule has 3 aromatic rings. The zero-order valence-corrected chi connectivity index (χ0v) is 15.6. The van der Waals surface area contributed by atoms with Gasteiger partial charge in [0, 0.05) is 13.2 Å². The van der Waals surface area contributed by atoms with Crippen LogP contribution in [0.2, 0.25) is 0 Å². The van der Waals surface area contributed by atoms with E-state index in [1.165, 1.54) is 0 Å². The lowest BCUT2D eigenvalue weighted by atomic mass is 10.0. The molecule has 0 fully saturated rings. The van der Waals surface area contributed by atoms with Gasteiger partial charge in [-0.25, -0.2) is 9.97 Å². The highest BCUT2D eigenvalue weighted by atomic mass is 16.5. The number of aromatic nitrogens is 3. The Balaban J connectivity index is 1.95. The van der Waals surface area contributed by atoms with Crippen molar-refractivity contribution in [1.29, 1.82) is 0 Å². The molecule has 6 nitrogen and oxygen atoms in total. The molecular formula is C20H24N4O2. The maximum Gasteiger partial charge on any atom is 0.255 e. The SMILES string of the molecule is COc1ccccc1C(=O)N[C@@H](CC(C)C)c1nc2cccnc2n1C. The lowest BCUT2D eigenvalue weighted by Crippen LogP contribution is -2.31. The zero-order valence-electron chi connectivity index (χ0n) is 15.6. The van der Waals surface area contributed by atoms with Crippen LogP contribution in [0.5, 0.6) is 5.75 Å². The Hall–Kier alpha value is -2.89. The predicted octanol–water partition coefficient (Wildman–Crippen LogP) is 3.49. The van der Waals surface area contributed by atoms with Gasteiger partial charge in [-0.3, -0.25) is 4.79 Å². The highest BCUT2D eigenvalue weighted by Gasteiger charge is 2.24. The molecule has 1 aromatic carbocycles. The van der Waals surface area contributed by atoms with E-state index in [-0.39, 0.29) is 11.9 Å². The third-order valence-electron chi connectivity index (χ3n) is 4.34. The van der Waals surface area contributed by atoms with E-state index in [2.05, 4.69) is 24.1 Å². The van der Waals surface area contributed by atoms with E-state index < -0.39 is 0 Å². The van der Waals surface area contributed by atoms with Gasteiger partial charge in [0.05, 0.1) is 18.7 Å². The zero-order chi connectivity index (χ0) is 18.7. The van der Waals surface area contributed by atoms with Crippen molar-refractivity contribution in [2.24, 2.45) is 13.0 Å². The smallest absolute Gasteiger partial charge is 0.255 e. The van der Waals surface area contributed by atoms with Crippen LogP contribution in [-0.4, -0.2) is 27.6 Å². The summed E-state index contributed by atoms with van der Waals surface area (Å²) in [6, 6.07) is 10.8. The highest BCUT2D eigenvalue weighted by Crippen LogP contribution is 2.25. The minimum absolute atomic E-state index is 0.173. The number of rotatable bonds is 6. The summed E-state index contributed by atoms with van der Waals surface area (Å²) in [6.45, 7) is 4.26. The van der Waals surface area contributed by atoms with E-state index in [1.807, 2.05) is 35.9 Å². The maximum atomic E-state index is 12.9. The molecule has 1 amide bonds. The second-order valence-electron chi connectivity index (χ2n) is 6.73. The first kappa shape index (κ1) is 17.9. The standard InChI is InChI=1S/C20H24N4O2/c1-13(2)12-16(19-22-15-9-7-11-21-18(15)24(19)3)23-20(25)14-8-5-6-10-17(14)26-4/h5-11,13,16H,12H2,1-4H3,(H,23,25)/t16-/m0/s1. The molecule has 6 heteroatoms. The minimum atomic E-state index is -0.216. The lowest BCUT2D eigenvalue weighted by molar-refractivity contribution is 0.0926. The molecule has 1 atom stereocenters. The molecule has 1 N–H and O–H groups in total. The summed E-state index contributed by atoms with van der Waals surface area (Å²) < 4.78 is 7.26. The van der Waals surface area contributed by atoms with Gasteiger partial charge in [0.1, 0.15) is 17.1 Å². The number of pyridine rings is 1. The third kappa shape index (κ3) is 3.54. The molecular weight excluding hydrogens is 328 g/mol. The Labute approximate surface area is 153 Å². The van der Waals surface area contributed by atoms with Crippen molar-refractivity contribution in [2.45, 2.75) is 26.3 Å². The summed E-state index contributed by atoms with van der Waals surface area (Å²) in [5.41, 5.74) is 2.15. The number of para-hydroxylation sites is 1. The monoisotopic (exact) mass is 352 g/mol. The molecule has 2 aromatic heterocycles. The molecule has 0 saturated heterocycles. The first-order valence-electron chi connectivity index (χ1n) is 8.72. The highest BCUT2D eigenvalue weighted by molar-refractivity contribution is 5.97. The number of methoxy groups -OCH3 is 1. The van der Waals surface area contributed by atoms with Crippen LogP contribution in [-0.2, 0) is 7.05 Å². The number of hydrogen-bond donors (Lipinski definition) is 1. The maximum absolute atomic E-state index is 12.9. The number of nitrogens with one attached hydrogen (secondary N) is 1. The van der Waals surface area contributed by atoms with E-state index in [0.717, 1.165) is 23.4 Å². The van der Waals surface area contributed by atoms with Crippen molar-refractivity contribution < 1.29 is 9.53 Å². The molecule has 0 spiro atoms. The van der Waals surface area contributed by atoms with E-state index in [1.54, 1.807) is 25.4 Å². The molecule has 136 valence electrons. The average molecular weight is 352 g/mol. The summed E-state index contributed by atoms with van der Waals surface area (Å²) in [6.07, 6.45) is 2.52. The number of imidazole rings is 1. The fraction of sp³-hybridized carbons (Fsp3) is 0.350. The molecule has 0 aliphatic rings. The van der Waals surface area contributed by atoms with Crippen LogP contribution in [0.25, 0.3) is 11.2 Å². The van der Waals surface area contributed by atoms with E-state index in [0.29, 0.717) is 17.2 Å². The predicted molar refractivity (Wildman–Crippen MR) is 101 cm³/mol. The summed E-state index contributed by atoms with van der Waals surface area (Å²) in [4.78, 5) is 22.0. The normalized spacial score (nSPS) is 12.3. The van der Waals surface area contributed by atoms with Crippen LogP contribution in [0.4, 0.5) is 0 Å². The van der Waals surface area contributed by atoms with Crippen LogP contribution in [0.1, 0.15) is 42.5 Å². The lowest BCUT2D eigenvalue weighted by Gasteiger charge is -2.21. The number of fused-ring (bicyclic) bond motifs is 1. The van der Waals surface area contributed by atoms with Gasteiger partial charge in [0.25, 0.3) is 5.91 Å². The quantitative estimate of drug-likeness (QED) is 0.737. The van der Waals surface area contributed by atoms with Crippen LogP contribution in [0.15, 0.2) is 42.6 Å². The number of benzene rings is 1. The Kier molecular flexibility index (Phi) is 5.21. The number of nitrogens with zero attached hydrogens (tertiary/aromatic N) is 3. The Morgan fingerprint density at radius 1 is 1.23 bits per heavy atom. The summed E-state index contributed by atoms with van der Waals surface area (Å²) >= 11 is 0. The number of hydrogen-bond acceptors (Lipinski definition) is 4. The van der Waals surface area contributed by atoms with Gasteiger partial charge in [-0.1, -0.05) is 26.0 Å². The third-order valence-corrected chi connectivity index (χ3v) is 4.34. The van der Waals surface area contributed by atoms with Gasteiger partial charge >= 0.3 is 0 Å². The van der Waals surface area contributed by atoms with Gasteiger partial charge in [0.2, 0.25) is 0 Å². The van der Waals surface area contributed by atoms with Crippen LogP contribution >= 0.6 is 0 Å². The van der Waals surface area contributed by atoms with E-state index >= 15 is 0 Å². The van der Waals surface area contributed by atoms with Crippen molar-refractivity contribution in [3.8, 4) is 5.75 Å². The van der Waals surface area contributed by atoms with Crippen molar-refractivity contribution in [1.82, 2.24) is 19.9 Å². The number of amides is 1. The van der Waals surface area contributed by atoms with Crippen LogP contribution < -0.4 is 10.1 Å². The van der Waals surface area contributed by atoms with Crippen LogP contribution in [0.3, 0.4) is 0 Å². The molecule has 2 heterocycles. The minimum Gasteiger partial charge on any atom is -0.496 e. The first-order chi connectivity index (χ1) is 12.5. The van der Waals surface area contributed by atoms with Gasteiger partial charge in [-0.15, -0.1) is 0 Å². The number of carbonyl (C=O) groups excluding carboxylic acids is 1. The second-order valence-corrected chi connectivity index (χ2v) is 6.73. The topological polar surface area (TPSA) is 69.0 Å². The number of carbonyl (C=O) groups is 1. The van der Waals surface area contributed by atoms with Gasteiger partial charge in [-0.05, 0) is 36.6 Å². The molecule has 0 aliphatic heterocycles. The van der Waals surface area contributed by atoms with Gasteiger partial charge < -0.3 is 14.6 Å². The molecule has 0 radical (unpaired) electrons. The summed E-state index contributed by atoms with van der Waals surface area (Å²) in [5, 5.41) is 3.13. The molecule has 0 saturated carbocycles. The number of ether oxygens (including phenoxy) is 1. The Bertz CT molecular complexity index is 917. The molecule has 26 heavy (non-hydrogen) atoms. The van der Waals surface area contributed by atoms with Crippen molar-refractivity contribution in [2.75, 3.05) is 7.11 Å². The van der Waals surface area contributed by atoms with Crippen LogP contribution in [0, 0.1) is 5.92 Å². The van der Waals surface area contributed by atoms with Gasteiger partial charge in [0.15, 0.2) is 5.65 Å². The van der Waals surface area contributed by atoms with Crippen molar-refractivity contribution >= 4 is 17.1 Å². The van der Waals surface area contributed by atoms with Crippen molar-refractivity contribution in [3.63, 3.8) is 0 Å². The van der Waals surface area contributed by atoms with Crippen molar-refractivity contribution in [3.05, 3.63) is 54.0 Å². The van der Waals surface area contributed by atoms with E-state index in [9.17, 15) is 4.79 Å². The molecule has 0 unspecified atom stereocenters.